The molecule has 2 aromatic rings. The maximum absolute atomic E-state index is 5.77. The van der Waals surface area contributed by atoms with Crippen LogP contribution < -0.4 is 10.1 Å². The summed E-state index contributed by atoms with van der Waals surface area (Å²) >= 11 is 0. The number of aromatic nitrogens is 1. The quantitative estimate of drug-likeness (QED) is 0.864. The summed E-state index contributed by atoms with van der Waals surface area (Å²) in [4.78, 5) is 4.31. The van der Waals surface area contributed by atoms with Crippen molar-refractivity contribution in [3.63, 3.8) is 0 Å². The van der Waals surface area contributed by atoms with Crippen molar-refractivity contribution in [3.8, 4) is 17.1 Å². The molecule has 0 fully saturated rings. The first-order valence-electron chi connectivity index (χ1n) is 6.67. The van der Waals surface area contributed by atoms with Gasteiger partial charge in [0.25, 0.3) is 0 Å². The molecule has 1 unspecified atom stereocenters. The van der Waals surface area contributed by atoms with Crippen LogP contribution in [-0.2, 0) is 0 Å². The number of hydrogen-bond donors (Lipinski definition) is 1. The lowest BCUT2D eigenvalue weighted by atomic mass is 10.2. The molecule has 102 valence electrons. The molecule has 0 aliphatic heterocycles. The molecule has 1 aromatic heterocycles. The van der Waals surface area contributed by atoms with Crippen molar-refractivity contribution in [1.82, 2.24) is 10.3 Å². The van der Waals surface area contributed by atoms with Gasteiger partial charge in [0.15, 0.2) is 5.76 Å². The third kappa shape index (κ3) is 3.35. The Bertz CT molecular complexity index is 505. The average Bonchev–Trinajstić information content (AvgIpc) is 2.90. The molecule has 0 amide bonds. The molecule has 0 aliphatic rings. The van der Waals surface area contributed by atoms with Crippen molar-refractivity contribution in [2.75, 3.05) is 13.2 Å². The van der Waals surface area contributed by atoms with Crippen LogP contribution in [0.3, 0.4) is 0 Å². The van der Waals surface area contributed by atoms with Crippen LogP contribution in [0.15, 0.2) is 34.9 Å². The van der Waals surface area contributed by atoms with Gasteiger partial charge in [-0.15, -0.1) is 0 Å². The Morgan fingerprint density at radius 3 is 2.63 bits per heavy atom. The summed E-state index contributed by atoms with van der Waals surface area (Å²) < 4.78 is 11.2. The van der Waals surface area contributed by atoms with Gasteiger partial charge in [-0.1, -0.05) is 6.92 Å². The average molecular weight is 260 g/mol. The molecule has 0 radical (unpaired) electrons. The first-order chi connectivity index (χ1) is 9.24. The second kappa shape index (κ2) is 6.38. The van der Waals surface area contributed by atoms with E-state index >= 15 is 0 Å². The Kier molecular flexibility index (Phi) is 4.58. The Balaban J connectivity index is 2.13. The standard InChI is InChI=1S/C15H20N2O2/c1-4-16-11(3)15-17-10-14(19-15)12-6-8-13(9-7-12)18-5-2/h6-11,16H,4-5H2,1-3H3. The highest BCUT2D eigenvalue weighted by Crippen LogP contribution is 2.25. The molecule has 0 bridgehead atoms. The van der Waals surface area contributed by atoms with E-state index in [-0.39, 0.29) is 6.04 Å². The maximum atomic E-state index is 5.77. The molecule has 1 aromatic carbocycles. The SMILES string of the molecule is CCNC(C)c1ncc(-c2ccc(OCC)cc2)o1. The molecule has 0 aliphatic carbocycles. The highest BCUT2D eigenvalue weighted by atomic mass is 16.5. The van der Waals surface area contributed by atoms with Gasteiger partial charge >= 0.3 is 0 Å². The van der Waals surface area contributed by atoms with Gasteiger partial charge in [0.1, 0.15) is 5.75 Å². The van der Waals surface area contributed by atoms with Crippen molar-refractivity contribution in [2.45, 2.75) is 26.8 Å². The van der Waals surface area contributed by atoms with Crippen molar-refractivity contribution < 1.29 is 9.15 Å². The largest absolute Gasteiger partial charge is 0.494 e. The molecule has 1 atom stereocenters. The molecule has 4 heteroatoms. The topological polar surface area (TPSA) is 47.3 Å². The number of ether oxygens (including phenoxy) is 1. The number of nitrogens with zero attached hydrogens (tertiary/aromatic N) is 1. The van der Waals surface area contributed by atoms with Crippen LogP contribution in [0.25, 0.3) is 11.3 Å². The zero-order valence-corrected chi connectivity index (χ0v) is 11.6. The molecule has 1 heterocycles. The number of benzene rings is 1. The third-order valence-electron chi connectivity index (χ3n) is 2.85. The first kappa shape index (κ1) is 13.6. The third-order valence-corrected chi connectivity index (χ3v) is 2.85. The van der Waals surface area contributed by atoms with Crippen LogP contribution in [0.1, 0.15) is 32.7 Å². The Hall–Kier alpha value is -1.81. The van der Waals surface area contributed by atoms with Gasteiger partial charge in [-0.3, -0.25) is 0 Å². The lowest BCUT2D eigenvalue weighted by molar-refractivity contribution is 0.340. The zero-order valence-electron chi connectivity index (χ0n) is 11.6. The first-order valence-corrected chi connectivity index (χ1v) is 6.67. The van der Waals surface area contributed by atoms with E-state index in [0.29, 0.717) is 12.5 Å². The number of nitrogens with one attached hydrogen (secondary N) is 1. The van der Waals surface area contributed by atoms with E-state index in [2.05, 4.69) is 17.2 Å². The summed E-state index contributed by atoms with van der Waals surface area (Å²) in [5, 5.41) is 3.28. The van der Waals surface area contributed by atoms with Crippen LogP contribution in [0.5, 0.6) is 5.75 Å². The number of rotatable bonds is 6. The van der Waals surface area contributed by atoms with Gasteiger partial charge in [0.2, 0.25) is 5.89 Å². The smallest absolute Gasteiger partial charge is 0.211 e. The Morgan fingerprint density at radius 2 is 2.00 bits per heavy atom. The second-order valence-corrected chi connectivity index (χ2v) is 4.30. The van der Waals surface area contributed by atoms with Gasteiger partial charge in [-0.2, -0.15) is 0 Å². The van der Waals surface area contributed by atoms with Crippen molar-refractivity contribution in [3.05, 3.63) is 36.4 Å². The minimum Gasteiger partial charge on any atom is -0.494 e. The molecular weight excluding hydrogens is 240 g/mol. The molecule has 0 saturated heterocycles. The van der Waals surface area contributed by atoms with Crippen LogP contribution in [0.2, 0.25) is 0 Å². The fourth-order valence-electron chi connectivity index (χ4n) is 1.90. The van der Waals surface area contributed by atoms with E-state index in [1.54, 1.807) is 6.20 Å². The van der Waals surface area contributed by atoms with Gasteiger partial charge in [0, 0.05) is 5.56 Å². The predicted octanol–water partition coefficient (Wildman–Crippen LogP) is 3.41. The van der Waals surface area contributed by atoms with E-state index in [9.17, 15) is 0 Å². The van der Waals surface area contributed by atoms with Gasteiger partial charge in [-0.05, 0) is 44.7 Å². The second-order valence-electron chi connectivity index (χ2n) is 4.30. The van der Waals surface area contributed by atoms with Crippen molar-refractivity contribution in [1.29, 1.82) is 0 Å². The lowest BCUT2D eigenvalue weighted by Crippen LogP contribution is -2.17. The van der Waals surface area contributed by atoms with Crippen LogP contribution in [0.4, 0.5) is 0 Å². The fourth-order valence-corrected chi connectivity index (χ4v) is 1.90. The maximum Gasteiger partial charge on any atom is 0.211 e. The Labute approximate surface area is 113 Å². The monoisotopic (exact) mass is 260 g/mol. The summed E-state index contributed by atoms with van der Waals surface area (Å²) in [6, 6.07) is 7.96. The fraction of sp³-hybridized carbons (Fsp3) is 0.400. The van der Waals surface area contributed by atoms with E-state index in [4.69, 9.17) is 9.15 Å². The highest BCUT2D eigenvalue weighted by molar-refractivity contribution is 5.57. The molecule has 19 heavy (non-hydrogen) atoms. The van der Waals surface area contributed by atoms with Gasteiger partial charge in [-0.25, -0.2) is 4.98 Å². The summed E-state index contributed by atoms with van der Waals surface area (Å²) in [6.07, 6.45) is 1.76. The van der Waals surface area contributed by atoms with Gasteiger partial charge < -0.3 is 14.5 Å². The van der Waals surface area contributed by atoms with Crippen LogP contribution in [0, 0.1) is 0 Å². The molecule has 0 saturated carbocycles. The van der Waals surface area contributed by atoms with E-state index in [1.807, 2.05) is 38.1 Å². The zero-order chi connectivity index (χ0) is 13.7. The summed E-state index contributed by atoms with van der Waals surface area (Å²) in [6.45, 7) is 7.64. The molecule has 0 spiro atoms. The molecule has 2 rings (SSSR count). The van der Waals surface area contributed by atoms with Crippen molar-refractivity contribution in [2.24, 2.45) is 0 Å². The normalized spacial score (nSPS) is 12.4. The Morgan fingerprint density at radius 1 is 1.26 bits per heavy atom. The molecular formula is C15H20N2O2. The van der Waals surface area contributed by atoms with E-state index in [1.165, 1.54) is 0 Å². The van der Waals surface area contributed by atoms with Crippen LogP contribution in [-0.4, -0.2) is 18.1 Å². The van der Waals surface area contributed by atoms with E-state index in [0.717, 1.165) is 23.6 Å². The van der Waals surface area contributed by atoms with Gasteiger partial charge in [0.05, 0.1) is 18.8 Å². The minimum absolute atomic E-state index is 0.126. The number of hydrogen-bond acceptors (Lipinski definition) is 4. The predicted molar refractivity (Wildman–Crippen MR) is 75.2 cm³/mol. The lowest BCUT2D eigenvalue weighted by Gasteiger charge is -2.07. The highest BCUT2D eigenvalue weighted by Gasteiger charge is 2.12. The summed E-state index contributed by atoms with van der Waals surface area (Å²) in [5.41, 5.74) is 1.01. The minimum atomic E-state index is 0.126. The van der Waals surface area contributed by atoms with Crippen molar-refractivity contribution >= 4 is 0 Å². The summed E-state index contributed by atoms with van der Waals surface area (Å²) in [7, 11) is 0. The molecule has 1 N–H and O–H groups in total. The summed E-state index contributed by atoms with van der Waals surface area (Å²) in [5.74, 6) is 2.36. The molecule has 4 nitrogen and oxygen atoms in total. The van der Waals surface area contributed by atoms with Crippen LogP contribution >= 0.6 is 0 Å². The van der Waals surface area contributed by atoms with E-state index < -0.39 is 0 Å². The number of oxazole rings is 1.